The van der Waals surface area contributed by atoms with E-state index >= 15 is 0 Å². The molecule has 1 atom stereocenters. The van der Waals surface area contributed by atoms with Gasteiger partial charge >= 0.3 is 0 Å². The van der Waals surface area contributed by atoms with E-state index in [9.17, 15) is 0 Å². The molecule has 0 saturated carbocycles. The van der Waals surface area contributed by atoms with Gasteiger partial charge < -0.3 is 5.32 Å². The SMILES string of the molecule is CNCC(C)c1ccc(CN(C)C(C)C)cc1. The quantitative estimate of drug-likeness (QED) is 0.814. The lowest BCUT2D eigenvalue weighted by Crippen LogP contribution is -2.25. The van der Waals surface area contributed by atoms with E-state index in [2.05, 4.69) is 62.3 Å². The second kappa shape index (κ2) is 6.77. The lowest BCUT2D eigenvalue weighted by molar-refractivity contribution is 0.266. The first kappa shape index (κ1) is 14.2. The van der Waals surface area contributed by atoms with E-state index in [1.165, 1.54) is 11.1 Å². The fourth-order valence-corrected chi connectivity index (χ4v) is 1.85. The molecule has 0 radical (unpaired) electrons. The highest BCUT2D eigenvalue weighted by atomic mass is 15.1. The predicted molar refractivity (Wildman–Crippen MR) is 75.4 cm³/mol. The first-order valence-corrected chi connectivity index (χ1v) is 6.48. The van der Waals surface area contributed by atoms with Gasteiger partial charge in [0.25, 0.3) is 0 Å². The number of hydrogen-bond donors (Lipinski definition) is 1. The maximum absolute atomic E-state index is 3.22. The number of benzene rings is 1. The van der Waals surface area contributed by atoms with Gasteiger partial charge in [-0.1, -0.05) is 31.2 Å². The van der Waals surface area contributed by atoms with Crippen molar-refractivity contribution in [2.75, 3.05) is 20.6 Å². The van der Waals surface area contributed by atoms with Gasteiger partial charge in [-0.15, -0.1) is 0 Å². The summed E-state index contributed by atoms with van der Waals surface area (Å²) in [5, 5.41) is 3.22. The highest BCUT2D eigenvalue weighted by Gasteiger charge is 2.06. The molecule has 0 fully saturated rings. The molecule has 0 bridgehead atoms. The maximum Gasteiger partial charge on any atom is 0.0233 e. The van der Waals surface area contributed by atoms with Gasteiger partial charge in [-0.3, -0.25) is 4.90 Å². The number of nitrogens with one attached hydrogen (secondary N) is 1. The summed E-state index contributed by atoms with van der Waals surface area (Å²) in [5.41, 5.74) is 2.80. The van der Waals surface area contributed by atoms with Crippen molar-refractivity contribution in [3.63, 3.8) is 0 Å². The van der Waals surface area contributed by atoms with Crippen LogP contribution in [0.2, 0.25) is 0 Å². The fraction of sp³-hybridized carbons (Fsp3) is 0.600. The van der Waals surface area contributed by atoms with E-state index in [4.69, 9.17) is 0 Å². The molecule has 0 spiro atoms. The Balaban J connectivity index is 2.61. The first-order valence-electron chi connectivity index (χ1n) is 6.48. The third-order valence-electron chi connectivity index (χ3n) is 3.37. The molecule has 1 aromatic carbocycles. The Kier molecular flexibility index (Phi) is 5.66. The Hall–Kier alpha value is -0.860. The molecule has 0 aliphatic carbocycles. The summed E-state index contributed by atoms with van der Waals surface area (Å²) in [6.45, 7) is 8.77. The van der Waals surface area contributed by atoms with E-state index in [0.717, 1.165) is 13.1 Å². The van der Waals surface area contributed by atoms with Gasteiger partial charge in [0.2, 0.25) is 0 Å². The van der Waals surface area contributed by atoms with Gasteiger partial charge in [-0.05, 0) is 45.0 Å². The molecule has 0 amide bonds. The van der Waals surface area contributed by atoms with Gasteiger partial charge in [0.1, 0.15) is 0 Å². The van der Waals surface area contributed by atoms with Crippen LogP contribution >= 0.6 is 0 Å². The van der Waals surface area contributed by atoms with Gasteiger partial charge in [0, 0.05) is 19.1 Å². The van der Waals surface area contributed by atoms with E-state index in [0.29, 0.717) is 12.0 Å². The average Bonchev–Trinajstić information content (AvgIpc) is 2.30. The van der Waals surface area contributed by atoms with Crippen LogP contribution in [0.15, 0.2) is 24.3 Å². The molecule has 0 aliphatic heterocycles. The van der Waals surface area contributed by atoms with Crippen LogP contribution in [0.25, 0.3) is 0 Å². The van der Waals surface area contributed by atoms with Crippen molar-refractivity contribution in [2.45, 2.75) is 39.3 Å². The molecule has 1 aromatic rings. The Morgan fingerprint density at radius 3 is 2.18 bits per heavy atom. The summed E-state index contributed by atoms with van der Waals surface area (Å²) in [6.07, 6.45) is 0. The highest BCUT2D eigenvalue weighted by molar-refractivity contribution is 5.25. The second-order valence-corrected chi connectivity index (χ2v) is 5.21. The predicted octanol–water partition coefficient (Wildman–Crippen LogP) is 2.85. The minimum atomic E-state index is 0.580. The van der Waals surface area contributed by atoms with Crippen LogP contribution in [-0.4, -0.2) is 31.6 Å². The van der Waals surface area contributed by atoms with Gasteiger partial charge in [-0.25, -0.2) is 0 Å². The van der Waals surface area contributed by atoms with Crippen LogP contribution in [0.5, 0.6) is 0 Å². The molecule has 0 aromatic heterocycles. The number of hydrogen-bond acceptors (Lipinski definition) is 2. The topological polar surface area (TPSA) is 15.3 Å². The van der Waals surface area contributed by atoms with Crippen LogP contribution in [0.1, 0.15) is 37.8 Å². The van der Waals surface area contributed by atoms with Gasteiger partial charge in [0.15, 0.2) is 0 Å². The van der Waals surface area contributed by atoms with Crippen molar-refractivity contribution in [2.24, 2.45) is 0 Å². The highest BCUT2D eigenvalue weighted by Crippen LogP contribution is 2.16. The van der Waals surface area contributed by atoms with Crippen molar-refractivity contribution in [3.05, 3.63) is 35.4 Å². The summed E-state index contributed by atoms with van der Waals surface area (Å²) >= 11 is 0. The van der Waals surface area contributed by atoms with E-state index in [1.807, 2.05) is 7.05 Å². The zero-order valence-electron chi connectivity index (χ0n) is 11.8. The van der Waals surface area contributed by atoms with Gasteiger partial charge in [-0.2, -0.15) is 0 Å². The van der Waals surface area contributed by atoms with Crippen molar-refractivity contribution >= 4 is 0 Å². The zero-order valence-corrected chi connectivity index (χ0v) is 11.8. The monoisotopic (exact) mass is 234 g/mol. The number of rotatable bonds is 6. The van der Waals surface area contributed by atoms with Crippen LogP contribution in [0.3, 0.4) is 0 Å². The molecule has 1 N–H and O–H groups in total. The van der Waals surface area contributed by atoms with Crippen molar-refractivity contribution < 1.29 is 0 Å². The molecule has 1 rings (SSSR count). The largest absolute Gasteiger partial charge is 0.319 e. The Labute approximate surface area is 106 Å². The molecular weight excluding hydrogens is 208 g/mol. The lowest BCUT2D eigenvalue weighted by Gasteiger charge is -2.21. The molecule has 2 heteroatoms. The Morgan fingerprint density at radius 2 is 1.71 bits per heavy atom. The van der Waals surface area contributed by atoms with Crippen LogP contribution in [0, 0.1) is 0 Å². The van der Waals surface area contributed by atoms with Crippen molar-refractivity contribution in [1.29, 1.82) is 0 Å². The van der Waals surface area contributed by atoms with Crippen LogP contribution < -0.4 is 5.32 Å². The molecule has 2 nitrogen and oxygen atoms in total. The first-order chi connectivity index (χ1) is 8.04. The summed E-state index contributed by atoms with van der Waals surface area (Å²) < 4.78 is 0. The van der Waals surface area contributed by atoms with E-state index in [-0.39, 0.29) is 0 Å². The average molecular weight is 234 g/mol. The van der Waals surface area contributed by atoms with Gasteiger partial charge in [0.05, 0.1) is 0 Å². The third-order valence-corrected chi connectivity index (χ3v) is 3.37. The standard InChI is InChI=1S/C15H26N2/c1-12(2)17(5)11-14-6-8-15(9-7-14)13(3)10-16-4/h6-9,12-13,16H,10-11H2,1-5H3. The van der Waals surface area contributed by atoms with Crippen molar-refractivity contribution in [3.8, 4) is 0 Å². The minimum Gasteiger partial charge on any atom is -0.319 e. The summed E-state index contributed by atoms with van der Waals surface area (Å²) in [6, 6.07) is 9.61. The normalized spacial score (nSPS) is 13.4. The van der Waals surface area contributed by atoms with Crippen LogP contribution in [0.4, 0.5) is 0 Å². The molecule has 17 heavy (non-hydrogen) atoms. The smallest absolute Gasteiger partial charge is 0.0233 e. The summed E-state index contributed by atoms with van der Waals surface area (Å²) in [5.74, 6) is 0.580. The molecule has 0 saturated heterocycles. The van der Waals surface area contributed by atoms with E-state index in [1.54, 1.807) is 0 Å². The minimum absolute atomic E-state index is 0.580. The Morgan fingerprint density at radius 1 is 1.12 bits per heavy atom. The fourth-order valence-electron chi connectivity index (χ4n) is 1.85. The molecular formula is C15H26N2. The molecule has 0 aliphatic rings. The summed E-state index contributed by atoms with van der Waals surface area (Å²) in [7, 11) is 4.17. The van der Waals surface area contributed by atoms with Crippen molar-refractivity contribution in [1.82, 2.24) is 10.2 Å². The number of nitrogens with zero attached hydrogens (tertiary/aromatic N) is 1. The van der Waals surface area contributed by atoms with E-state index < -0.39 is 0 Å². The maximum atomic E-state index is 3.22. The van der Waals surface area contributed by atoms with Crippen LogP contribution in [-0.2, 0) is 6.54 Å². The summed E-state index contributed by atoms with van der Waals surface area (Å²) in [4.78, 5) is 2.35. The Bertz CT molecular complexity index is 316. The zero-order chi connectivity index (χ0) is 12.8. The lowest BCUT2D eigenvalue weighted by atomic mass is 10.00. The second-order valence-electron chi connectivity index (χ2n) is 5.21. The molecule has 1 unspecified atom stereocenters. The number of likely N-dealkylation sites (N-methyl/N-ethyl adjacent to an activating group) is 1. The third kappa shape index (κ3) is 4.49. The molecule has 0 heterocycles. The molecule has 96 valence electrons.